The molecule has 2 atom stereocenters. The van der Waals surface area contributed by atoms with Gasteiger partial charge in [-0.15, -0.1) is 0 Å². The molecule has 11 heavy (non-hydrogen) atoms. The van der Waals surface area contributed by atoms with Gasteiger partial charge in [0.05, 0.1) is 12.1 Å². The van der Waals surface area contributed by atoms with Gasteiger partial charge in [-0.2, -0.15) is 0 Å². The highest BCUT2D eigenvalue weighted by Gasteiger charge is 2.10. The van der Waals surface area contributed by atoms with Gasteiger partial charge in [0.25, 0.3) is 0 Å². The minimum absolute atomic E-state index is 0.201. The standard InChI is InChI=1S/C7H16N2O2/c1-3-6(8)7(11)9-4-5(2)10/h5-6,10H,3-4,8H2,1-2H3,(H,9,11)/t5-,6-/m1/s1. The van der Waals surface area contributed by atoms with Crippen molar-refractivity contribution in [2.24, 2.45) is 5.73 Å². The predicted octanol–water partition coefficient (Wildman–Crippen LogP) is -0.779. The molecule has 4 heteroatoms. The quantitative estimate of drug-likeness (QED) is 0.505. The van der Waals surface area contributed by atoms with Crippen molar-refractivity contribution in [2.75, 3.05) is 6.54 Å². The van der Waals surface area contributed by atoms with Crippen LogP contribution >= 0.6 is 0 Å². The number of amides is 1. The average Bonchev–Trinajstić information content (AvgIpc) is 1.98. The van der Waals surface area contributed by atoms with Crippen molar-refractivity contribution in [2.45, 2.75) is 32.4 Å². The van der Waals surface area contributed by atoms with Crippen LogP contribution in [0.3, 0.4) is 0 Å². The molecule has 0 fully saturated rings. The zero-order chi connectivity index (χ0) is 8.85. The molecule has 0 aliphatic heterocycles. The molecular formula is C7H16N2O2. The van der Waals surface area contributed by atoms with Crippen LogP contribution in [0, 0.1) is 0 Å². The summed E-state index contributed by atoms with van der Waals surface area (Å²) in [6.07, 6.45) is 0.106. The summed E-state index contributed by atoms with van der Waals surface area (Å²) in [5, 5.41) is 11.3. The van der Waals surface area contributed by atoms with E-state index in [2.05, 4.69) is 5.32 Å². The van der Waals surface area contributed by atoms with E-state index in [0.29, 0.717) is 6.42 Å². The van der Waals surface area contributed by atoms with Crippen LogP contribution in [-0.4, -0.2) is 29.7 Å². The van der Waals surface area contributed by atoms with Gasteiger partial charge in [0.15, 0.2) is 0 Å². The number of hydrogen-bond acceptors (Lipinski definition) is 3. The third-order valence-corrected chi connectivity index (χ3v) is 1.35. The highest BCUT2D eigenvalue weighted by Crippen LogP contribution is 1.85. The van der Waals surface area contributed by atoms with Crippen molar-refractivity contribution in [3.8, 4) is 0 Å². The normalized spacial score (nSPS) is 15.6. The van der Waals surface area contributed by atoms with Crippen molar-refractivity contribution >= 4 is 5.91 Å². The molecular weight excluding hydrogens is 144 g/mol. The van der Waals surface area contributed by atoms with E-state index in [4.69, 9.17) is 10.8 Å². The lowest BCUT2D eigenvalue weighted by molar-refractivity contribution is -0.122. The minimum atomic E-state index is -0.511. The Hall–Kier alpha value is -0.610. The Morgan fingerprint density at radius 3 is 2.64 bits per heavy atom. The predicted molar refractivity (Wildman–Crippen MR) is 43.0 cm³/mol. The summed E-state index contributed by atoms with van der Waals surface area (Å²) in [6.45, 7) is 3.72. The van der Waals surface area contributed by atoms with Crippen LogP contribution < -0.4 is 11.1 Å². The number of nitrogens with two attached hydrogens (primary N) is 1. The van der Waals surface area contributed by atoms with Crippen LogP contribution in [0.15, 0.2) is 0 Å². The van der Waals surface area contributed by atoms with E-state index in [9.17, 15) is 4.79 Å². The number of rotatable bonds is 4. The molecule has 0 saturated heterocycles. The lowest BCUT2D eigenvalue weighted by atomic mass is 10.2. The first-order valence-electron chi connectivity index (χ1n) is 3.79. The van der Waals surface area contributed by atoms with Gasteiger partial charge in [0.1, 0.15) is 0 Å². The molecule has 1 amide bonds. The lowest BCUT2D eigenvalue weighted by Gasteiger charge is -2.10. The first-order chi connectivity index (χ1) is 5.07. The van der Waals surface area contributed by atoms with Crippen molar-refractivity contribution in [1.82, 2.24) is 5.32 Å². The maximum Gasteiger partial charge on any atom is 0.236 e. The van der Waals surface area contributed by atoms with Gasteiger partial charge >= 0.3 is 0 Å². The van der Waals surface area contributed by atoms with Gasteiger partial charge < -0.3 is 16.2 Å². The smallest absolute Gasteiger partial charge is 0.236 e. The third kappa shape index (κ3) is 4.75. The number of hydrogen-bond donors (Lipinski definition) is 3. The molecule has 4 nitrogen and oxygen atoms in total. The molecule has 0 unspecified atom stereocenters. The van der Waals surface area contributed by atoms with Crippen molar-refractivity contribution < 1.29 is 9.90 Å². The van der Waals surface area contributed by atoms with Gasteiger partial charge in [-0.3, -0.25) is 4.79 Å². The van der Waals surface area contributed by atoms with Crippen molar-refractivity contribution in [1.29, 1.82) is 0 Å². The molecule has 0 aromatic heterocycles. The highest BCUT2D eigenvalue weighted by molar-refractivity contribution is 5.81. The van der Waals surface area contributed by atoms with Gasteiger partial charge in [-0.05, 0) is 13.3 Å². The van der Waals surface area contributed by atoms with E-state index in [-0.39, 0.29) is 12.5 Å². The number of aliphatic hydroxyl groups excluding tert-OH is 1. The summed E-state index contributed by atoms with van der Waals surface area (Å²) >= 11 is 0. The SMILES string of the molecule is CC[C@@H](N)C(=O)NC[C@@H](C)O. The zero-order valence-electron chi connectivity index (χ0n) is 7.00. The van der Waals surface area contributed by atoms with E-state index in [1.807, 2.05) is 6.92 Å². The van der Waals surface area contributed by atoms with E-state index >= 15 is 0 Å². The Morgan fingerprint density at radius 2 is 2.27 bits per heavy atom. The third-order valence-electron chi connectivity index (χ3n) is 1.35. The van der Waals surface area contributed by atoms with Crippen LogP contribution in [-0.2, 0) is 4.79 Å². The number of carbonyl (C=O) groups excluding carboxylic acids is 1. The summed E-state index contributed by atoms with van der Waals surface area (Å²) in [5.41, 5.74) is 5.41. The summed E-state index contributed by atoms with van der Waals surface area (Å²) in [5.74, 6) is -0.201. The largest absolute Gasteiger partial charge is 0.392 e. The molecule has 66 valence electrons. The highest BCUT2D eigenvalue weighted by atomic mass is 16.3. The maximum absolute atomic E-state index is 10.9. The Morgan fingerprint density at radius 1 is 1.73 bits per heavy atom. The fourth-order valence-corrected chi connectivity index (χ4v) is 0.565. The summed E-state index contributed by atoms with van der Waals surface area (Å²) in [4.78, 5) is 10.9. The summed E-state index contributed by atoms with van der Waals surface area (Å²) in [6, 6.07) is -0.450. The molecule has 4 N–H and O–H groups in total. The van der Waals surface area contributed by atoms with E-state index < -0.39 is 12.1 Å². The molecule has 0 rings (SSSR count). The monoisotopic (exact) mass is 160 g/mol. The Kier molecular flexibility index (Phi) is 4.81. The van der Waals surface area contributed by atoms with Crippen LogP contribution in [0.5, 0.6) is 0 Å². The molecule has 0 radical (unpaired) electrons. The van der Waals surface area contributed by atoms with Gasteiger partial charge in [-0.1, -0.05) is 6.92 Å². The second kappa shape index (κ2) is 5.09. The van der Waals surface area contributed by atoms with E-state index in [1.165, 1.54) is 0 Å². The van der Waals surface area contributed by atoms with Crippen LogP contribution in [0.4, 0.5) is 0 Å². The van der Waals surface area contributed by atoms with Crippen LogP contribution in [0.1, 0.15) is 20.3 Å². The summed E-state index contributed by atoms with van der Waals surface area (Å²) < 4.78 is 0. The molecule has 0 heterocycles. The fourth-order valence-electron chi connectivity index (χ4n) is 0.565. The minimum Gasteiger partial charge on any atom is -0.392 e. The molecule has 0 spiro atoms. The fraction of sp³-hybridized carbons (Fsp3) is 0.857. The lowest BCUT2D eigenvalue weighted by Crippen LogP contribution is -2.42. The number of nitrogens with one attached hydrogen (secondary N) is 1. The van der Waals surface area contributed by atoms with Crippen LogP contribution in [0.25, 0.3) is 0 Å². The first kappa shape index (κ1) is 10.4. The molecule has 0 saturated carbocycles. The number of carbonyl (C=O) groups is 1. The molecule has 0 aliphatic carbocycles. The van der Waals surface area contributed by atoms with Gasteiger partial charge in [0, 0.05) is 6.54 Å². The topological polar surface area (TPSA) is 75.4 Å². The second-order valence-electron chi connectivity index (χ2n) is 2.61. The summed E-state index contributed by atoms with van der Waals surface area (Å²) in [7, 11) is 0. The number of aliphatic hydroxyl groups is 1. The molecule has 0 aromatic carbocycles. The van der Waals surface area contributed by atoms with Gasteiger partial charge in [-0.25, -0.2) is 0 Å². The van der Waals surface area contributed by atoms with Crippen molar-refractivity contribution in [3.05, 3.63) is 0 Å². The Bertz CT molecular complexity index is 126. The maximum atomic E-state index is 10.9. The second-order valence-corrected chi connectivity index (χ2v) is 2.61. The molecule has 0 bridgehead atoms. The zero-order valence-corrected chi connectivity index (χ0v) is 7.00. The first-order valence-corrected chi connectivity index (χ1v) is 3.79. The Labute approximate surface area is 66.8 Å². The van der Waals surface area contributed by atoms with Crippen molar-refractivity contribution in [3.63, 3.8) is 0 Å². The molecule has 0 aromatic rings. The molecule has 0 aliphatic rings. The van der Waals surface area contributed by atoms with E-state index in [1.54, 1.807) is 6.92 Å². The Balaban J connectivity index is 3.52. The average molecular weight is 160 g/mol. The van der Waals surface area contributed by atoms with Crippen LogP contribution in [0.2, 0.25) is 0 Å². The van der Waals surface area contributed by atoms with Gasteiger partial charge in [0.2, 0.25) is 5.91 Å². The van der Waals surface area contributed by atoms with E-state index in [0.717, 1.165) is 0 Å².